The largest absolute Gasteiger partial charge is 0.496 e. The molecule has 0 aliphatic carbocycles. The van der Waals surface area contributed by atoms with Gasteiger partial charge in [-0.1, -0.05) is 18.2 Å². The van der Waals surface area contributed by atoms with E-state index in [4.69, 9.17) is 9.15 Å². The molecule has 0 N–H and O–H groups in total. The maximum Gasteiger partial charge on any atom is 0.230 e. The Morgan fingerprint density at radius 1 is 1.30 bits per heavy atom. The summed E-state index contributed by atoms with van der Waals surface area (Å²) in [7, 11) is 3.76. The summed E-state index contributed by atoms with van der Waals surface area (Å²) in [6.45, 7) is 4.63. The number of likely N-dealkylation sites (N-methyl/N-ethyl adjacent to an activating group) is 1. The van der Waals surface area contributed by atoms with Gasteiger partial charge in [-0.25, -0.2) is 0 Å². The number of methoxy groups -OCH3 is 1. The van der Waals surface area contributed by atoms with Crippen LogP contribution in [0.25, 0.3) is 0 Å². The van der Waals surface area contributed by atoms with E-state index in [0.717, 1.165) is 12.2 Å². The van der Waals surface area contributed by atoms with E-state index in [0.29, 0.717) is 24.4 Å². The minimum atomic E-state index is 0.346. The highest BCUT2D eigenvalue weighted by Gasteiger charge is 2.15. The zero-order valence-corrected chi connectivity index (χ0v) is 12.5. The molecular formula is C15H21N3O2. The summed E-state index contributed by atoms with van der Waals surface area (Å²) in [5, 5.41) is 7.87. The Labute approximate surface area is 119 Å². The SMILES string of the molecule is COc1ccccc1CC(C)N(C)Cc1nnc(C)o1. The van der Waals surface area contributed by atoms with Gasteiger partial charge in [-0.15, -0.1) is 10.2 Å². The maximum absolute atomic E-state index is 5.41. The van der Waals surface area contributed by atoms with Crippen molar-refractivity contribution < 1.29 is 9.15 Å². The van der Waals surface area contributed by atoms with Gasteiger partial charge in [-0.3, -0.25) is 4.90 Å². The van der Waals surface area contributed by atoms with Crippen molar-refractivity contribution >= 4 is 0 Å². The van der Waals surface area contributed by atoms with E-state index in [1.165, 1.54) is 5.56 Å². The lowest BCUT2D eigenvalue weighted by Crippen LogP contribution is -2.30. The van der Waals surface area contributed by atoms with Gasteiger partial charge < -0.3 is 9.15 Å². The molecule has 0 saturated carbocycles. The predicted molar refractivity (Wildman–Crippen MR) is 76.7 cm³/mol. The van der Waals surface area contributed by atoms with Crippen LogP contribution in [-0.2, 0) is 13.0 Å². The molecule has 0 bridgehead atoms. The summed E-state index contributed by atoms with van der Waals surface area (Å²) < 4.78 is 10.8. The van der Waals surface area contributed by atoms with Crippen LogP contribution in [-0.4, -0.2) is 35.3 Å². The summed E-state index contributed by atoms with van der Waals surface area (Å²) in [6, 6.07) is 8.45. The predicted octanol–water partition coefficient (Wildman–Crippen LogP) is 2.45. The summed E-state index contributed by atoms with van der Waals surface area (Å²) >= 11 is 0. The third-order valence-electron chi connectivity index (χ3n) is 3.41. The second kappa shape index (κ2) is 6.52. The lowest BCUT2D eigenvalue weighted by molar-refractivity contribution is 0.222. The van der Waals surface area contributed by atoms with Crippen molar-refractivity contribution in [1.29, 1.82) is 0 Å². The lowest BCUT2D eigenvalue weighted by atomic mass is 10.1. The fraction of sp³-hybridized carbons (Fsp3) is 0.467. The Morgan fingerprint density at radius 3 is 2.70 bits per heavy atom. The van der Waals surface area contributed by atoms with Gasteiger partial charge in [0.15, 0.2) is 0 Å². The molecule has 5 heteroatoms. The summed E-state index contributed by atoms with van der Waals surface area (Å²) in [5.74, 6) is 2.18. The molecule has 1 aromatic carbocycles. The van der Waals surface area contributed by atoms with E-state index in [1.807, 2.05) is 18.2 Å². The molecule has 20 heavy (non-hydrogen) atoms. The first-order valence-corrected chi connectivity index (χ1v) is 6.71. The first-order chi connectivity index (χ1) is 9.60. The van der Waals surface area contributed by atoms with Crippen molar-refractivity contribution in [1.82, 2.24) is 15.1 Å². The molecule has 0 aliphatic heterocycles. The van der Waals surface area contributed by atoms with Crippen LogP contribution < -0.4 is 4.74 Å². The second-order valence-corrected chi connectivity index (χ2v) is 4.99. The molecule has 0 spiro atoms. The molecule has 1 unspecified atom stereocenters. The molecule has 1 atom stereocenters. The number of rotatable bonds is 6. The molecule has 0 amide bonds. The number of nitrogens with zero attached hydrogens (tertiary/aromatic N) is 3. The molecule has 0 aliphatic rings. The number of benzene rings is 1. The van der Waals surface area contributed by atoms with Crippen molar-refractivity contribution in [3.05, 3.63) is 41.6 Å². The highest BCUT2D eigenvalue weighted by molar-refractivity contribution is 5.33. The molecule has 1 aromatic heterocycles. The fourth-order valence-electron chi connectivity index (χ4n) is 2.12. The van der Waals surface area contributed by atoms with Gasteiger partial charge in [0.1, 0.15) is 5.75 Å². The van der Waals surface area contributed by atoms with E-state index in [9.17, 15) is 0 Å². The van der Waals surface area contributed by atoms with Crippen LogP contribution in [0.15, 0.2) is 28.7 Å². The summed E-state index contributed by atoms with van der Waals surface area (Å²) in [4.78, 5) is 2.19. The fourth-order valence-corrected chi connectivity index (χ4v) is 2.12. The van der Waals surface area contributed by atoms with Gasteiger partial charge in [-0.2, -0.15) is 0 Å². The van der Waals surface area contributed by atoms with Crippen molar-refractivity contribution in [3.63, 3.8) is 0 Å². The van der Waals surface area contributed by atoms with Gasteiger partial charge in [0.25, 0.3) is 0 Å². The van der Waals surface area contributed by atoms with E-state index in [1.54, 1.807) is 14.0 Å². The van der Waals surface area contributed by atoms with E-state index >= 15 is 0 Å². The topological polar surface area (TPSA) is 51.4 Å². The van der Waals surface area contributed by atoms with Crippen LogP contribution in [0.4, 0.5) is 0 Å². The van der Waals surface area contributed by atoms with Crippen LogP contribution in [0, 0.1) is 6.92 Å². The van der Waals surface area contributed by atoms with Crippen molar-refractivity contribution in [2.75, 3.05) is 14.2 Å². The van der Waals surface area contributed by atoms with Crippen LogP contribution >= 0.6 is 0 Å². The Kier molecular flexibility index (Phi) is 4.74. The molecule has 0 saturated heterocycles. The molecule has 0 fully saturated rings. The number of aromatic nitrogens is 2. The number of aryl methyl sites for hydroxylation is 1. The molecule has 1 heterocycles. The Hall–Kier alpha value is -1.88. The number of ether oxygens (including phenoxy) is 1. The van der Waals surface area contributed by atoms with Crippen LogP contribution in [0.3, 0.4) is 0 Å². The second-order valence-electron chi connectivity index (χ2n) is 4.99. The smallest absolute Gasteiger partial charge is 0.230 e. The van der Waals surface area contributed by atoms with E-state index in [-0.39, 0.29) is 0 Å². The quantitative estimate of drug-likeness (QED) is 0.810. The summed E-state index contributed by atoms with van der Waals surface area (Å²) in [6.07, 6.45) is 0.910. The zero-order valence-electron chi connectivity index (χ0n) is 12.5. The maximum atomic E-state index is 5.41. The number of para-hydroxylation sites is 1. The summed E-state index contributed by atoms with van der Waals surface area (Å²) in [5.41, 5.74) is 1.20. The zero-order chi connectivity index (χ0) is 14.5. The van der Waals surface area contributed by atoms with Gasteiger partial charge in [0.05, 0.1) is 13.7 Å². The molecule has 2 aromatic rings. The first kappa shape index (κ1) is 14.5. The minimum absolute atomic E-state index is 0.346. The van der Waals surface area contributed by atoms with Crippen LogP contribution in [0.5, 0.6) is 5.75 Å². The third kappa shape index (κ3) is 3.57. The Balaban J connectivity index is 1.98. The highest BCUT2D eigenvalue weighted by atomic mass is 16.5. The first-order valence-electron chi connectivity index (χ1n) is 6.71. The molecule has 108 valence electrons. The minimum Gasteiger partial charge on any atom is -0.496 e. The van der Waals surface area contributed by atoms with E-state index in [2.05, 4.69) is 35.1 Å². The number of hydrogen-bond acceptors (Lipinski definition) is 5. The normalized spacial score (nSPS) is 12.7. The molecular weight excluding hydrogens is 254 g/mol. The van der Waals surface area contributed by atoms with Gasteiger partial charge in [-0.05, 0) is 32.0 Å². The van der Waals surface area contributed by atoms with Gasteiger partial charge in [0, 0.05) is 13.0 Å². The monoisotopic (exact) mass is 275 g/mol. The Bertz CT molecular complexity index is 554. The Morgan fingerprint density at radius 2 is 2.05 bits per heavy atom. The standard InChI is InChI=1S/C15H21N3O2/c1-11(9-13-7-5-6-8-14(13)19-4)18(3)10-15-17-16-12(2)20-15/h5-8,11H,9-10H2,1-4H3. The highest BCUT2D eigenvalue weighted by Crippen LogP contribution is 2.20. The lowest BCUT2D eigenvalue weighted by Gasteiger charge is -2.23. The van der Waals surface area contributed by atoms with E-state index < -0.39 is 0 Å². The van der Waals surface area contributed by atoms with Crippen molar-refractivity contribution in [2.24, 2.45) is 0 Å². The molecule has 0 radical (unpaired) electrons. The van der Waals surface area contributed by atoms with Crippen LogP contribution in [0.2, 0.25) is 0 Å². The number of hydrogen-bond donors (Lipinski definition) is 0. The molecule has 2 rings (SSSR count). The average molecular weight is 275 g/mol. The van der Waals surface area contributed by atoms with Crippen molar-refractivity contribution in [3.8, 4) is 5.75 Å². The van der Waals surface area contributed by atoms with Gasteiger partial charge >= 0.3 is 0 Å². The third-order valence-corrected chi connectivity index (χ3v) is 3.41. The average Bonchev–Trinajstić information content (AvgIpc) is 2.84. The van der Waals surface area contributed by atoms with Gasteiger partial charge in [0.2, 0.25) is 11.8 Å². The van der Waals surface area contributed by atoms with Crippen molar-refractivity contribution in [2.45, 2.75) is 32.9 Å². The van der Waals surface area contributed by atoms with Crippen LogP contribution in [0.1, 0.15) is 24.3 Å². The molecule has 5 nitrogen and oxygen atoms in total.